The van der Waals surface area contributed by atoms with Gasteiger partial charge in [0.15, 0.2) is 24.4 Å². The van der Waals surface area contributed by atoms with Crippen LogP contribution in [0.1, 0.15) is 36.8 Å². The fourth-order valence-electron chi connectivity index (χ4n) is 6.24. The molecule has 0 radical (unpaired) electrons. The van der Waals surface area contributed by atoms with E-state index in [1.165, 1.54) is 18.2 Å². The first-order valence-electron chi connectivity index (χ1n) is 11.6. The van der Waals surface area contributed by atoms with Crippen LogP contribution in [0.5, 0.6) is 11.5 Å². The number of rotatable bonds is 8. The van der Waals surface area contributed by atoms with E-state index in [2.05, 4.69) is 28.8 Å². The molecule has 1 fully saturated rings. The first-order valence-corrected chi connectivity index (χ1v) is 11.6. The molecule has 2 aliphatic carbocycles. The van der Waals surface area contributed by atoms with Crippen molar-refractivity contribution in [2.24, 2.45) is 5.92 Å². The summed E-state index contributed by atoms with van der Waals surface area (Å²) in [4.78, 5) is 26.4. The highest BCUT2D eigenvalue weighted by atomic mass is 16.7. The molecule has 0 saturated carbocycles. The third-order valence-corrected chi connectivity index (χ3v) is 7.70. The molecular weight excluding hydrogens is 426 g/mol. The molecule has 4 aliphatic rings. The highest BCUT2D eigenvalue weighted by molar-refractivity contribution is 5.73. The standard InChI is InChI=1S/C25H31NO7/c1-26-12-11-25-16-8-10-19(32-21(28)6-4-5-20(27)30-3)24(25)33-23-18(31-14-29-2)9-7-15(22(23)25)13-17(16)26/h7-10,16-17,19,24H,4-6,11-14H2,1-3H3/t16-,17+,19-,24-,25-/m0/s1. The molecule has 1 aromatic carbocycles. The van der Waals surface area contributed by atoms with Crippen LogP contribution in [0.2, 0.25) is 0 Å². The average molecular weight is 458 g/mol. The van der Waals surface area contributed by atoms with E-state index < -0.39 is 6.10 Å². The monoisotopic (exact) mass is 457 g/mol. The van der Waals surface area contributed by atoms with Gasteiger partial charge in [-0.3, -0.25) is 9.59 Å². The molecule has 0 amide bonds. The Morgan fingerprint density at radius 1 is 1.18 bits per heavy atom. The number of hydrogen-bond acceptors (Lipinski definition) is 8. The van der Waals surface area contributed by atoms with E-state index in [0.717, 1.165) is 25.1 Å². The number of carbonyl (C=O) groups is 2. The quantitative estimate of drug-likeness (QED) is 0.334. The Hall–Kier alpha value is -2.58. The van der Waals surface area contributed by atoms with E-state index in [-0.39, 0.29) is 49.0 Å². The molecule has 5 atom stereocenters. The lowest BCUT2D eigenvalue weighted by Gasteiger charge is -2.56. The van der Waals surface area contributed by atoms with Crippen LogP contribution in [0.25, 0.3) is 0 Å². The lowest BCUT2D eigenvalue weighted by Crippen LogP contribution is -2.65. The van der Waals surface area contributed by atoms with Gasteiger partial charge in [-0.2, -0.15) is 0 Å². The highest BCUT2D eigenvalue weighted by Crippen LogP contribution is 2.62. The zero-order valence-corrected chi connectivity index (χ0v) is 19.4. The summed E-state index contributed by atoms with van der Waals surface area (Å²) in [5, 5.41) is 0. The number of nitrogens with zero attached hydrogens (tertiary/aromatic N) is 1. The summed E-state index contributed by atoms with van der Waals surface area (Å²) in [5.74, 6) is 1.05. The molecule has 0 N–H and O–H groups in total. The van der Waals surface area contributed by atoms with Crippen molar-refractivity contribution in [2.45, 2.75) is 55.8 Å². The van der Waals surface area contributed by atoms with Gasteiger partial charge in [0.1, 0.15) is 6.10 Å². The van der Waals surface area contributed by atoms with E-state index in [0.29, 0.717) is 18.2 Å². The second kappa shape index (κ2) is 8.65. The van der Waals surface area contributed by atoms with E-state index in [9.17, 15) is 9.59 Å². The number of likely N-dealkylation sites (tertiary alicyclic amines) is 1. The van der Waals surface area contributed by atoms with E-state index >= 15 is 0 Å². The third kappa shape index (κ3) is 3.51. The van der Waals surface area contributed by atoms with Gasteiger partial charge in [0.2, 0.25) is 0 Å². The zero-order valence-electron chi connectivity index (χ0n) is 19.4. The zero-order chi connectivity index (χ0) is 23.2. The molecule has 1 saturated heterocycles. The summed E-state index contributed by atoms with van der Waals surface area (Å²) in [6.07, 6.45) is 6.04. The van der Waals surface area contributed by atoms with Crippen molar-refractivity contribution < 1.29 is 33.3 Å². The van der Waals surface area contributed by atoms with Crippen molar-refractivity contribution in [2.75, 3.05) is 34.6 Å². The molecule has 1 aromatic rings. The van der Waals surface area contributed by atoms with Crippen molar-refractivity contribution >= 4 is 11.9 Å². The van der Waals surface area contributed by atoms with Gasteiger partial charge >= 0.3 is 11.9 Å². The highest BCUT2D eigenvalue weighted by Gasteiger charge is 2.65. The molecule has 33 heavy (non-hydrogen) atoms. The first-order chi connectivity index (χ1) is 16.0. The smallest absolute Gasteiger partial charge is 0.306 e. The number of ether oxygens (including phenoxy) is 5. The number of methoxy groups -OCH3 is 2. The lowest BCUT2D eigenvalue weighted by atomic mass is 9.53. The third-order valence-electron chi connectivity index (χ3n) is 7.70. The minimum Gasteiger partial charge on any atom is -0.481 e. The minimum absolute atomic E-state index is 0.137. The maximum atomic E-state index is 12.6. The number of piperidine rings is 1. The predicted octanol–water partition coefficient (Wildman–Crippen LogP) is 2.37. The van der Waals surface area contributed by atoms with E-state index in [4.69, 9.17) is 18.9 Å². The number of likely N-dealkylation sites (N-methyl/N-ethyl adjacent to an activating group) is 1. The van der Waals surface area contributed by atoms with Crippen molar-refractivity contribution in [1.82, 2.24) is 4.90 Å². The Bertz CT molecular complexity index is 976. The van der Waals surface area contributed by atoms with E-state index in [1.807, 2.05) is 12.1 Å². The van der Waals surface area contributed by atoms with Crippen LogP contribution in [-0.4, -0.2) is 69.7 Å². The van der Waals surface area contributed by atoms with Gasteiger partial charge in [0.05, 0.1) is 7.11 Å². The van der Waals surface area contributed by atoms with Crippen LogP contribution in [-0.2, 0) is 35.6 Å². The van der Waals surface area contributed by atoms with Gasteiger partial charge in [-0.05, 0) is 50.6 Å². The first kappa shape index (κ1) is 22.2. The number of esters is 2. The van der Waals surface area contributed by atoms with Crippen LogP contribution in [0.3, 0.4) is 0 Å². The molecule has 0 aromatic heterocycles. The van der Waals surface area contributed by atoms with Crippen LogP contribution in [0.15, 0.2) is 24.3 Å². The summed E-state index contributed by atoms with van der Waals surface area (Å²) in [6, 6.07) is 4.48. The van der Waals surface area contributed by atoms with Gasteiger partial charge in [-0.1, -0.05) is 12.1 Å². The molecule has 5 rings (SSSR count). The van der Waals surface area contributed by atoms with Crippen molar-refractivity contribution in [3.05, 3.63) is 35.4 Å². The van der Waals surface area contributed by atoms with Gasteiger partial charge < -0.3 is 28.6 Å². The Labute approximate surface area is 193 Å². The second-order valence-corrected chi connectivity index (χ2v) is 9.35. The van der Waals surface area contributed by atoms with Crippen LogP contribution in [0, 0.1) is 5.92 Å². The number of hydrogen-bond donors (Lipinski definition) is 0. The molecule has 8 heteroatoms. The maximum Gasteiger partial charge on any atom is 0.306 e. The Kier molecular flexibility index (Phi) is 5.82. The summed E-state index contributed by atoms with van der Waals surface area (Å²) in [6.45, 7) is 1.09. The number of benzene rings is 1. The predicted molar refractivity (Wildman–Crippen MR) is 118 cm³/mol. The van der Waals surface area contributed by atoms with Crippen molar-refractivity contribution in [3.8, 4) is 11.5 Å². The Morgan fingerprint density at radius 3 is 2.79 bits per heavy atom. The molecular formula is C25H31NO7. The topological polar surface area (TPSA) is 83.5 Å². The Morgan fingerprint density at radius 2 is 2.00 bits per heavy atom. The van der Waals surface area contributed by atoms with Gasteiger partial charge in [0, 0.05) is 42.9 Å². The summed E-state index contributed by atoms with van der Waals surface area (Å²) in [5.41, 5.74) is 2.24. The molecule has 2 aliphatic heterocycles. The van der Waals surface area contributed by atoms with Gasteiger partial charge in [0.25, 0.3) is 0 Å². The van der Waals surface area contributed by atoms with Crippen molar-refractivity contribution in [1.29, 1.82) is 0 Å². The molecule has 1 spiro atoms. The lowest BCUT2D eigenvalue weighted by molar-refractivity contribution is -0.155. The largest absolute Gasteiger partial charge is 0.481 e. The number of carbonyl (C=O) groups excluding carboxylic acids is 2. The van der Waals surface area contributed by atoms with E-state index in [1.54, 1.807) is 7.11 Å². The SMILES string of the molecule is COCOc1ccc2c3c1O[C@H]1[C@@H](OC(=O)CCCC(=O)OC)C=C[C@H]4[C@@H](C2)N(C)CC[C@@]341. The maximum absolute atomic E-state index is 12.6. The van der Waals surface area contributed by atoms with Crippen LogP contribution >= 0.6 is 0 Å². The Balaban J connectivity index is 1.45. The molecule has 2 heterocycles. The summed E-state index contributed by atoms with van der Waals surface area (Å²) in [7, 11) is 5.12. The molecule has 178 valence electrons. The van der Waals surface area contributed by atoms with Crippen LogP contribution in [0.4, 0.5) is 0 Å². The fraction of sp³-hybridized carbons (Fsp3) is 0.600. The molecule has 0 unspecified atom stereocenters. The van der Waals surface area contributed by atoms with Gasteiger partial charge in [-0.25, -0.2) is 0 Å². The molecule has 2 bridgehead atoms. The summed E-state index contributed by atoms with van der Waals surface area (Å²) < 4.78 is 28.1. The average Bonchev–Trinajstić information content (AvgIpc) is 3.16. The van der Waals surface area contributed by atoms with Gasteiger partial charge in [-0.15, -0.1) is 0 Å². The molecule has 8 nitrogen and oxygen atoms in total. The fourth-order valence-corrected chi connectivity index (χ4v) is 6.24. The van der Waals surface area contributed by atoms with Crippen molar-refractivity contribution in [3.63, 3.8) is 0 Å². The second-order valence-electron chi connectivity index (χ2n) is 9.35. The van der Waals surface area contributed by atoms with Crippen LogP contribution < -0.4 is 9.47 Å². The normalized spacial score (nSPS) is 30.9. The minimum atomic E-state index is -0.496. The summed E-state index contributed by atoms with van der Waals surface area (Å²) >= 11 is 0.